The Morgan fingerprint density at radius 3 is 3.00 bits per heavy atom. The Bertz CT molecular complexity index is 627. The second-order valence-corrected chi connectivity index (χ2v) is 5.61. The lowest BCUT2D eigenvalue weighted by Crippen LogP contribution is -2.39. The molecule has 0 amide bonds. The van der Waals surface area contributed by atoms with Crippen LogP contribution in [-0.4, -0.2) is 34.6 Å². The number of hydrogen-bond acceptors (Lipinski definition) is 3. The van der Waals surface area contributed by atoms with Gasteiger partial charge in [-0.25, -0.2) is 4.98 Å². The molecular weight excluding hydrogens is 226 g/mol. The van der Waals surface area contributed by atoms with E-state index in [0.29, 0.717) is 5.54 Å². The molecule has 4 nitrogen and oxygen atoms in total. The van der Waals surface area contributed by atoms with Gasteiger partial charge in [0.25, 0.3) is 0 Å². The van der Waals surface area contributed by atoms with Crippen LogP contribution in [0.5, 0.6) is 5.75 Å². The molecule has 4 rings (SSSR count). The van der Waals surface area contributed by atoms with Gasteiger partial charge in [0.15, 0.2) is 0 Å². The smallest absolute Gasteiger partial charge is 0.138 e. The number of nitrogens with zero attached hydrogens (tertiary/aromatic N) is 2. The molecule has 4 heteroatoms. The first kappa shape index (κ1) is 10.4. The fourth-order valence-corrected chi connectivity index (χ4v) is 3.18. The van der Waals surface area contributed by atoms with Crippen molar-refractivity contribution in [3.05, 3.63) is 23.5 Å². The van der Waals surface area contributed by atoms with E-state index in [1.54, 1.807) is 13.3 Å². The number of hydrogen-bond donors (Lipinski definition) is 1. The quantitative estimate of drug-likeness (QED) is 0.834. The number of pyridine rings is 1. The molecule has 0 unspecified atom stereocenters. The largest absolute Gasteiger partial charge is 0.495 e. The Labute approximate surface area is 106 Å². The number of aromatic nitrogens is 2. The number of likely N-dealkylation sites (N-methyl/N-ethyl adjacent to an activating group) is 1. The number of nitrogens with one attached hydrogen (secondary N) is 1. The van der Waals surface area contributed by atoms with Crippen LogP contribution in [-0.2, 0) is 13.0 Å². The molecule has 1 N–H and O–H groups in total. The number of H-pyrrole nitrogens is 1. The Morgan fingerprint density at radius 1 is 1.44 bits per heavy atom. The Morgan fingerprint density at radius 2 is 2.28 bits per heavy atom. The molecule has 2 aromatic rings. The van der Waals surface area contributed by atoms with Crippen molar-refractivity contribution in [2.24, 2.45) is 0 Å². The molecule has 2 aliphatic rings. The van der Waals surface area contributed by atoms with Crippen molar-refractivity contribution in [1.29, 1.82) is 0 Å². The summed E-state index contributed by atoms with van der Waals surface area (Å²) in [5, 5.41) is 1.24. The minimum Gasteiger partial charge on any atom is -0.495 e. The molecule has 0 atom stereocenters. The van der Waals surface area contributed by atoms with Crippen LogP contribution in [0.1, 0.15) is 24.1 Å². The van der Waals surface area contributed by atoms with Gasteiger partial charge in [-0.2, -0.15) is 0 Å². The minimum absolute atomic E-state index is 0.436. The van der Waals surface area contributed by atoms with Crippen LogP contribution in [0.15, 0.2) is 12.3 Å². The molecule has 18 heavy (non-hydrogen) atoms. The Hall–Kier alpha value is -1.55. The normalized spacial score (nSPS) is 21.2. The van der Waals surface area contributed by atoms with Gasteiger partial charge in [0.05, 0.1) is 13.3 Å². The van der Waals surface area contributed by atoms with E-state index in [1.165, 1.54) is 29.5 Å². The Balaban J connectivity index is 1.90. The highest BCUT2D eigenvalue weighted by Crippen LogP contribution is 2.48. The molecule has 1 aliphatic heterocycles. The van der Waals surface area contributed by atoms with Crippen molar-refractivity contribution in [2.45, 2.75) is 31.3 Å². The maximum absolute atomic E-state index is 5.28. The fraction of sp³-hybridized carbons (Fsp3) is 0.500. The van der Waals surface area contributed by atoms with Crippen LogP contribution in [0.25, 0.3) is 11.0 Å². The molecular formula is C14H17N3O. The van der Waals surface area contributed by atoms with Gasteiger partial charge in [-0.05, 0) is 37.9 Å². The van der Waals surface area contributed by atoms with Crippen molar-refractivity contribution >= 4 is 11.0 Å². The van der Waals surface area contributed by atoms with Crippen molar-refractivity contribution < 1.29 is 4.74 Å². The summed E-state index contributed by atoms with van der Waals surface area (Å²) in [7, 11) is 3.92. The topological polar surface area (TPSA) is 41.1 Å². The molecule has 0 saturated heterocycles. The third-order valence-electron chi connectivity index (χ3n) is 4.60. The van der Waals surface area contributed by atoms with Crippen LogP contribution in [0, 0.1) is 0 Å². The molecule has 0 radical (unpaired) electrons. The van der Waals surface area contributed by atoms with Crippen LogP contribution >= 0.6 is 0 Å². The number of rotatable bonds is 1. The van der Waals surface area contributed by atoms with Gasteiger partial charge in [0.2, 0.25) is 0 Å². The average Bonchev–Trinajstić information content (AvgIpc) is 3.07. The molecule has 94 valence electrons. The molecule has 3 heterocycles. The number of aromatic amines is 1. The SMILES string of the molecule is COc1cnc2[nH]c3c(c2c1)CC1(CC1)N(C)C3. The third kappa shape index (κ3) is 1.27. The van der Waals surface area contributed by atoms with Gasteiger partial charge >= 0.3 is 0 Å². The second-order valence-electron chi connectivity index (χ2n) is 5.61. The molecule has 1 aliphatic carbocycles. The van der Waals surface area contributed by atoms with Crippen molar-refractivity contribution in [3.63, 3.8) is 0 Å². The van der Waals surface area contributed by atoms with Gasteiger partial charge < -0.3 is 9.72 Å². The van der Waals surface area contributed by atoms with Crippen molar-refractivity contribution in [3.8, 4) is 5.75 Å². The lowest BCUT2D eigenvalue weighted by Gasteiger charge is -2.32. The minimum atomic E-state index is 0.436. The number of methoxy groups -OCH3 is 1. The number of ether oxygens (including phenoxy) is 1. The van der Waals surface area contributed by atoms with Crippen molar-refractivity contribution in [1.82, 2.24) is 14.9 Å². The maximum Gasteiger partial charge on any atom is 0.138 e. The molecule has 2 aromatic heterocycles. The average molecular weight is 243 g/mol. The van der Waals surface area contributed by atoms with Gasteiger partial charge in [0, 0.05) is 23.2 Å². The zero-order valence-corrected chi connectivity index (χ0v) is 10.8. The van der Waals surface area contributed by atoms with E-state index in [4.69, 9.17) is 4.74 Å². The highest BCUT2D eigenvalue weighted by atomic mass is 16.5. The van der Waals surface area contributed by atoms with Crippen LogP contribution in [0.2, 0.25) is 0 Å². The van der Waals surface area contributed by atoms with E-state index in [1.807, 2.05) is 0 Å². The van der Waals surface area contributed by atoms with Gasteiger partial charge in [-0.15, -0.1) is 0 Å². The number of fused-ring (bicyclic) bond motifs is 3. The summed E-state index contributed by atoms with van der Waals surface area (Å²) in [6.07, 6.45) is 5.58. The molecule has 1 saturated carbocycles. The summed E-state index contributed by atoms with van der Waals surface area (Å²) in [6, 6.07) is 2.11. The Kier molecular flexibility index (Phi) is 1.88. The van der Waals surface area contributed by atoms with E-state index < -0.39 is 0 Å². The first-order valence-electron chi connectivity index (χ1n) is 6.47. The predicted molar refractivity (Wildman–Crippen MR) is 69.8 cm³/mol. The lowest BCUT2D eigenvalue weighted by atomic mass is 9.96. The highest BCUT2D eigenvalue weighted by molar-refractivity contribution is 5.83. The van der Waals surface area contributed by atoms with E-state index >= 15 is 0 Å². The zero-order chi connectivity index (χ0) is 12.3. The third-order valence-corrected chi connectivity index (χ3v) is 4.60. The summed E-state index contributed by atoms with van der Waals surface area (Å²) < 4.78 is 5.28. The summed E-state index contributed by atoms with van der Waals surface area (Å²) in [4.78, 5) is 10.4. The van der Waals surface area contributed by atoms with Gasteiger partial charge in [-0.1, -0.05) is 0 Å². The van der Waals surface area contributed by atoms with Crippen LogP contribution in [0.4, 0.5) is 0 Å². The first-order chi connectivity index (χ1) is 8.72. The fourth-order valence-electron chi connectivity index (χ4n) is 3.18. The monoisotopic (exact) mass is 243 g/mol. The summed E-state index contributed by atoms with van der Waals surface area (Å²) in [5.74, 6) is 0.841. The summed E-state index contributed by atoms with van der Waals surface area (Å²) in [5.41, 5.74) is 4.20. The molecule has 0 bridgehead atoms. The maximum atomic E-state index is 5.28. The molecule has 1 spiro atoms. The second kappa shape index (κ2) is 3.26. The van der Waals surface area contributed by atoms with Gasteiger partial charge in [0.1, 0.15) is 11.4 Å². The lowest BCUT2D eigenvalue weighted by molar-refractivity contribution is 0.193. The molecule has 1 fully saturated rings. The van der Waals surface area contributed by atoms with Gasteiger partial charge in [-0.3, -0.25) is 4.90 Å². The van der Waals surface area contributed by atoms with Crippen LogP contribution < -0.4 is 4.74 Å². The predicted octanol–water partition coefficient (Wildman–Crippen LogP) is 2.09. The van der Waals surface area contributed by atoms with E-state index in [0.717, 1.165) is 24.4 Å². The van der Waals surface area contributed by atoms with E-state index in [9.17, 15) is 0 Å². The first-order valence-corrected chi connectivity index (χ1v) is 6.47. The summed E-state index contributed by atoms with van der Waals surface area (Å²) in [6.45, 7) is 1.01. The zero-order valence-electron chi connectivity index (χ0n) is 10.8. The van der Waals surface area contributed by atoms with Crippen LogP contribution in [0.3, 0.4) is 0 Å². The van der Waals surface area contributed by atoms with E-state index in [2.05, 4.69) is 28.0 Å². The highest BCUT2D eigenvalue weighted by Gasteiger charge is 2.49. The molecule has 0 aromatic carbocycles. The van der Waals surface area contributed by atoms with Crippen molar-refractivity contribution in [2.75, 3.05) is 14.2 Å². The van der Waals surface area contributed by atoms with E-state index in [-0.39, 0.29) is 0 Å². The summed E-state index contributed by atoms with van der Waals surface area (Å²) >= 11 is 0. The standard InChI is InChI=1S/C14H17N3O/c1-17-8-12-11(6-14(17)3-4-14)10-5-9(18-2)7-15-13(10)16-12/h5,7H,3-4,6,8H2,1-2H3,(H,15,16).